The molecule has 17 heavy (non-hydrogen) atoms. The lowest BCUT2D eigenvalue weighted by molar-refractivity contribution is 0.266. The molecule has 6 heteroatoms. The van der Waals surface area contributed by atoms with Crippen LogP contribution in [0.5, 0.6) is 0 Å². The third-order valence-electron chi connectivity index (χ3n) is 2.27. The molecular formula is C11H10F2N2OS. The lowest BCUT2D eigenvalue weighted by Crippen LogP contribution is -2.14. The Morgan fingerprint density at radius 2 is 2.12 bits per heavy atom. The maximum Gasteiger partial charge on any atom is 0.159 e. The van der Waals surface area contributed by atoms with Crippen molar-refractivity contribution >= 4 is 11.3 Å². The van der Waals surface area contributed by atoms with Gasteiger partial charge in [0.05, 0.1) is 18.3 Å². The summed E-state index contributed by atoms with van der Waals surface area (Å²) in [6.07, 6.45) is 0. The molecule has 2 aromatic rings. The first-order chi connectivity index (χ1) is 8.11. The van der Waals surface area contributed by atoms with E-state index in [4.69, 9.17) is 10.8 Å². The second-order valence-corrected chi connectivity index (χ2v) is 4.35. The van der Waals surface area contributed by atoms with E-state index >= 15 is 0 Å². The van der Waals surface area contributed by atoms with Gasteiger partial charge in [-0.15, -0.1) is 11.3 Å². The van der Waals surface area contributed by atoms with E-state index in [0.717, 1.165) is 12.1 Å². The highest BCUT2D eigenvalue weighted by molar-refractivity contribution is 7.13. The van der Waals surface area contributed by atoms with Crippen molar-refractivity contribution in [3.05, 3.63) is 40.9 Å². The first-order valence-electron chi connectivity index (χ1n) is 4.89. The van der Waals surface area contributed by atoms with Crippen LogP contribution in [-0.2, 0) is 0 Å². The number of benzene rings is 1. The zero-order valence-electron chi connectivity index (χ0n) is 8.73. The summed E-state index contributed by atoms with van der Waals surface area (Å²) in [6.45, 7) is -0.207. The predicted molar refractivity (Wildman–Crippen MR) is 61.5 cm³/mol. The fourth-order valence-corrected chi connectivity index (χ4v) is 2.19. The Balaban J connectivity index is 2.33. The Morgan fingerprint density at radius 1 is 1.35 bits per heavy atom. The van der Waals surface area contributed by atoms with Gasteiger partial charge in [-0.2, -0.15) is 0 Å². The van der Waals surface area contributed by atoms with Gasteiger partial charge in [0.1, 0.15) is 5.01 Å². The molecular weight excluding hydrogens is 246 g/mol. The van der Waals surface area contributed by atoms with Gasteiger partial charge < -0.3 is 10.8 Å². The highest BCUT2D eigenvalue weighted by Crippen LogP contribution is 2.26. The molecule has 3 N–H and O–H groups in total. The van der Waals surface area contributed by atoms with Gasteiger partial charge in [0.2, 0.25) is 0 Å². The smallest absolute Gasteiger partial charge is 0.159 e. The molecule has 1 heterocycles. The van der Waals surface area contributed by atoms with Crippen molar-refractivity contribution in [3.8, 4) is 10.6 Å². The standard InChI is InChI=1S/C11H10F2N2OS/c12-7-2-1-6(3-8(7)13)11-15-10(5-17-11)9(14)4-16/h1-3,5,9,16H,4,14H2. The number of aromatic nitrogens is 1. The van der Waals surface area contributed by atoms with Crippen molar-refractivity contribution < 1.29 is 13.9 Å². The third-order valence-corrected chi connectivity index (χ3v) is 3.17. The molecule has 1 atom stereocenters. The Labute approximate surface area is 101 Å². The number of halogens is 2. The van der Waals surface area contributed by atoms with E-state index < -0.39 is 17.7 Å². The highest BCUT2D eigenvalue weighted by atomic mass is 32.1. The van der Waals surface area contributed by atoms with Crippen molar-refractivity contribution in [2.24, 2.45) is 5.73 Å². The van der Waals surface area contributed by atoms with Crippen LogP contribution in [0.15, 0.2) is 23.6 Å². The summed E-state index contributed by atoms with van der Waals surface area (Å²) in [6, 6.07) is 3.04. The van der Waals surface area contributed by atoms with Crippen LogP contribution in [0.25, 0.3) is 10.6 Å². The van der Waals surface area contributed by atoms with Crippen molar-refractivity contribution in [2.45, 2.75) is 6.04 Å². The van der Waals surface area contributed by atoms with E-state index in [9.17, 15) is 8.78 Å². The van der Waals surface area contributed by atoms with E-state index in [-0.39, 0.29) is 6.61 Å². The minimum absolute atomic E-state index is 0.207. The normalized spacial score (nSPS) is 12.7. The number of hydrogen-bond donors (Lipinski definition) is 2. The third kappa shape index (κ3) is 2.49. The number of aliphatic hydroxyl groups is 1. The molecule has 0 aliphatic carbocycles. The summed E-state index contributed by atoms with van der Waals surface area (Å²) in [5, 5.41) is 11.1. The predicted octanol–water partition coefficient (Wildman–Crippen LogP) is 2.08. The van der Waals surface area contributed by atoms with Crippen LogP contribution in [0, 0.1) is 11.6 Å². The highest BCUT2D eigenvalue weighted by Gasteiger charge is 2.12. The minimum Gasteiger partial charge on any atom is -0.394 e. The summed E-state index contributed by atoms with van der Waals surface area (Å²) in [5.74, 6) is -1.80. The fourth-order valence-electron chi connectivity index (χ4n) is 1.31. The molecule has 0 radical (unpaired) electrons. The van der Waals surface area contributed by atoms with Gasteiger partial charge in [0.15, 0.2) is 11.6 Å². The summed E-state index contributed by atoms with van der Waals surface area (Å²) in [7, 11) is 0. The number of nitrogens with two attached hydrogens (primary N) is 1. The molecule has 0 spiro atoms. The van der Waals surface area contributed by atoms with Crippen molar-refractivity contribution in [3.63, 3.8) is 0 Å². The maximum atomic E-state index is 13.0. The van der Waals surface area contributed by atoms with Crippen LogP contribution in [-0.4, -0.2) is 16.7 Å². The van der Waals surface area contributed by atoms with Gasteiger partial charge in [0, 0.05) is 10.9 Å². The maximum absolute atomic E-state index is 13.0. The van der Waals surface area contributed by atoms with Crippen molar-refractivity contribution in [1.29, 1.82) is 0 Å². The van der Waals surface area contributed by atoms with E-state index in [2.05, 4.69) is 4.98 Å². The summed E-state index contributed by atoms with van der Waals surface area (Å²) in [5.41, 5.74) is 6.63. The van der Waals surface area contributed by atoms with Gasteiger partial charge in [0.25, 0.3) is 0 Å². The summed E-state index contributed by atoms with van der Waals surface area (Å²) in [4.78, 5) is 4.17. The van der Waals surface area contributed by atoms with Gasteiger partial charge >= 0.3 is 0 Å². The number of aliphatic hydroxyl groups excluding tert-OH is 1. The zero-order valence-corrected chi connectivity index (χ0v) is 9.55. The number of rotatable bonds is 3. The average molecular weight is 256 g/mol. The molecule has 0 fully saturated rings. The van der Waals surface area contributed by atoms with Crippen LogP contribution in [0.3, 0.4) is 0 Å². The van der Waals surface area contributed by atoms with Crippen LogP contribution >= 0.6 is 11.3 Å². The van der Waals surface area contributed by atoms with Gasteiger partial charge in [-0.05, 0) is 18.2 Å². The number of hydrogen-bond acceptors (Lipinski definition) is 4. The number of nitrogens with zero attached hydrogens (tertiary/aromatic N) is 1. The molecule has 0 aliphatic rings. The van der Waals surface area contributed by atoms with Crippen molar-refractivity contribution in [1.82, 2.24) is 4.98 Å². The second-order valence-electron chi connectivity index (χ2n) is 3.50. The lowest BCUT2D eigenvalue weighted by Gasteiger charge is -2.02. The Hall–Kier alpha value is -1.37. The first kappa shape index (κ1) is 12.1. The van der Waals surface area contributed by atoms with Crippen molar-refractivity contribution in [2.75, 3.05) is 6.61 Å². The van der Waals surface area contributed by atoms with Crippen LogP contribution in [0.4, 0.5) is 8.78 Å². The molecule has 0 saturated heterocycles. The lowest BCUT2D eigenvalue weighted by atomic mass is 10.2. The molecule has 3 nitrogen and oxygen atoms in total. The van der Waals surface area contributed by atoms with Crippen LogP contribution in [0.2, 0.25) is 0 Å². The first-order valence-corrected chi connectivity index (χ1v) is 5.77. The monoisotopic (exact) mass is 256 g/mol. The number of thiazole rings is 1. The molecule has 0 bridgehead atoms. The fraction of sp³-hybridized carbons (Fsp3) is 0.182. The molecule has 1 unspecified atom stereocenters. The zero-order chi connectivity index (χ0) is 12.4. The summed E-state index contributed by atoms with van der Waals surface area (Å²) >= 11 is 1.27. The molecule has 0 amide bonds. The molecule has 0 saturated carbocycles. The van der Waals surface area contributed by atoms with E-state index in [1.165, 1.54) is 17.4 Å². The Kier molecular flexibility index (Phi) is 3.46. The van der Waals surface area contributed by atoms with Crippen LogP contribution in [0.1, 0.15) is 11.7 Å². The minimum atomic E-state index is -0.911. The van der Waals surface area contributed by atoms with Gasteiger partial charge in [-0.3, -0.25) is 0 Å². The largest absolute Gasteiger partial charge is 0.394 e. The topological polar surface area (TPSA) is 59.1 Å². The average Bonchev–Trinajstić information content (AvgIpc) is 2.81. The second kappa shape index (κ2) is 4.87. The molecule has 90 valence electrons. The quantitative estimate of drug-likeness (QED) is 0.884. The van der Waals surface area contributed by atoms with Crippen LogP contribution < -0.4 is 5.73 Å². The molecule has 1 aromatic heterocycles. The van der Waals surface area contributed by atoms with E-state index in [0.29, 0.717) is 16.3 Å². The molecule has 2 rings (SSSR count). The SMILES string of the molecule is NC(CO)c1csc(-c2ccc(F)c(F)c2)n1. The Bertz CT molecular complexity index is 530. The van der Waals surface area contributed by atoms with E-state index in [1.54, 1.807) is 5.38 Å². The van der Waals surface area contributed by atoms with Gasteiger partial charge in [-0.1, -0.05) is 0 Å². The molecule has 0 aliphatic heterocycles. The summed E-state index contributed by atoms with van der Waals surface area (Å²) < 4.78 is 25.8. The van der Waals surface area contributed by atoms with E-state index in [1.807, 2.05) is 0 Å². The van der Waals surface area contributed by atoms with Gasteiger partial charge in [-0.25, -0.2) is 13.8 Å². The molecule has 1 aromatic carbocycles. The Morgan fingerprint density at radius 3 is 2.76 bits per heavy atom.